The van der Waals surface area contributed by atoms with E-state index in [2.05, 4.69) is 22.3 Å². The summed E-state index contributed by atoms with van der Waals surface area (Å²) in [5.74, 6) is 1.40. The molecule has 1 unspecified atom stereocenters. The van der Waals surface area contributed by atoms with Crippen LogP contribution in [0.25, 0.3) is 0 Å². The predicted octanol–water partition coefficient (Wildman–Crippen LogP) is 3.24. The molecule has 1 amide bonds. The third kappa shape index (κ3) is 4.61. The van der Waals surface area contributed by atoms with E-state index in [0.29, 0.717) is 18.7 Å². The van der Waals surface area contributed by atoms with Crippen molar-refractivity contribution in [1.29, 1.82) is 0 Å². The van der Waals surface area contributed by atoms with Crippen molar-refractivity contribution in [2.24, 2.45) is 0 Å². The normalized spacial score (nSPS) is 19.5. The number of ether oxygens (including phenoxy) is 2. The van der Waals surface area contributed by atoms with Gasteiger partial charge in [-0.25, -0.2) is 0 Å². The van der Waals surface area contributed by atoms with Crippen LogP contribution in [0.15, 0.2) is 48.5 Å². The number of nitrogens with zero attached hydrogens (tertiary/aromatic N) is 1. The number of piperidine rings is 1. The Morgan fingerprint density at radius 2 is 1.74 bits per heavy atom. The number of hydrogen-bond donors (Lipinski definition) is 1. The first-order valence-electron chi connectivity index (χ1n) is 9.76. The van der Waals surface area contributed by atoms with Gasteiger partial charge in [0, 0.05) is 12.1 Å². The van der Waals surface area contributed by atoms with Gasteiger partial charge in [-0.15, -0.1) is 0 Å². The topological polar surface area (TPSA) is 50.8 Å². The van der Waals surface area contributed by atoms with Crippen molar-refractivity contribution in [2.75, 3.05) is 26.2 Å². The largest absolute Gasteiger partial charge is 0.486 e. The molecule has 2 aliphatic rings. The monoisotopic (exact) mass is 366 g/mol. The Balaban J connectivity index is 1.27. The van der Waals surface area contributed by atoms with Crippen molar-refractivity contribution in [1.82, 2.24) is 10.2 Å². The molecule has 2 heterocycles. The maximum Gasteiger partial charge on any atom is 0.251 e. The number of nitrogens with one attached hydrogen (secondary N) is 1. The molecule has 4 rings (SSSR count). The molecule has 0 bridgehead atoms. The van der Waals surface area contributed by atoms with Crippen molar-refractivity contribution >= 4 is 5.91 Å². The number of amides is 1. The van der Waals surface area contributed by atoms with Crippen molar-refractivity contribution in [3.05, 3.63) is 59.7 Å². The quantitative estimate of drug-likeness (QED) is 0.883. The Morgan fingerprint density at radius 1 is 1.00 bits per heavy atom. The highest BCUT2D eigenvalue weighted by Crippen LogP contribution is 2.30. The summed E-state index contributed by atoms with van der Waals surface area (Å²) >= 11 is 0. The Kier molecular flexibility index (Phi) is 5.58. The van der Waals surface area contributed by atoms with Crippen LogP contribution in [0.4, 0.5) is 0 Å². The van der Waals surface area contributed by atoms with Gasteiger partial charge in [-0.1, -0.05) is 30.7 Å². The lowest BCUT2D eigenvalue weighted by atomic mass is 10.1. The Hall–Kier alpha value is -2.53. The minimum atomic E-state index is -0.178. The van der Waals surface area contributed by atoms with Crippen molar-refractivity contribution in [3.8, 4) is 11.5 Å². The maximum atomic E-state index is 12.4. The molecule has 0 aliphatic carbocycles. The minimum absolute atomic E-state index is 0.0815. The third-order valence-corrected chi connectivity index (χ3v) is 5.13. The van der Waals surface area contributed by atoms with Crippen LogP contribution in [0.1, 0.15) is 35.2 Å². The number of likely N-dealkylation sites (tertiary alicyclic amines) is 1. The fourth-order valence-electron chi connectivity index (χ4n) is 3.61. The molecule has 2 aromatic carbocycles. The van der Waals surface area contributed by atoms with Gasteiger partial charge in [0.15, 0.2) is 11.5 Å². The van der Waals surface area contributed by atoms with E-state index < -0.39 is 0 Å². The van der Waals surface area contributed by atoms with Crippen LogP contribution in [-0.4, -0.2) is 43.2 Å². The van der Waals surface area contributed by atoms with E-state index in [1.54, 1.807) is 0 Å². The molecular weight excluding hydrogens is 340 g/mol. The highest BCUT2D eigenvalue weighted by atomic mass is 16.6. The number of rotatable bonds is 5. The molecule has 2 aromatic rings. The Bertz CT molecular complexity index is 769. The molecule has 142 valence electrons. The van der Waals surface area contributed by atoms with E-state index in [9.17, 15) is 4.79 Å². The number of benzene rings is 2. The zero-order chi connectivity index (χ0) is 18.5. The van der Waals surface area contributed by atoms with Gasteiger partial charge in [0.25, 0.3) is 5.91 Å². The lowest BCUT2D eigenvalue weighted by molar-refractivity contribution is 0.0789. The van der Waals surface area contributed by atoms with Crippen molar-refractivity contribution in [2.45, 2.75) is 31.9 Å². The zero-order valence-electron chi connectivity index (χ0n) is 15.5. The maximum absolute atomic E-state index is 12.4. The van der Waals surface area contributed by atoms with Gasteiger partial charge in [0.1, 0.15) is 12.7 Å². The third-order valence-electron chi connectivity index (χ3n) is 5.13. The predicted molar refractivity (Wildman–Crippen MR) is 104 cm³/mol. The fourth-order valence-corrected chi connectivity index (χ4v) is 3.61. The van der Waals surface area contributed by atoms with E-state index in [4.69, 9.17) is 9.47 Å². The number of para-hydroxylation sites is 2. The van der Waals surface area contributed by atoms with Crippen LogP contribution in [0.5, 0.6) is 11.5 Å². The van der Waals surface area contributed by atoms with E-state index in [-0.39, 0.29) is 12.0 Å². The smallest absolute Gasteiger partial charge is 0.251 e. The van der Waals surface area contributed by atoms with Gasteiger partial charge in [-0.2, -0.15) is 0 Å². The molecule has 1 atom stereocenters. The minimum Gasteiger partial charge on any atom is -0.486 e. The van der Waals surface area contributed by atoms with E-state index in [0.717, 1.165) is 18.0 Å². The molecule has 1 N–H and O–H groups in total. The van der Waals surface area contributed by atoms with Gasteiger partial charge in [-0.05, 0) is 55.8 Å². The number of carbonyl (C=O) groups excluding carboxylic acids is 1. The number of fused-ring (bicyclic) bond motifs is 1. The molecular formula is C22H26N2O3. The number of carbonyl (C=O) groups is 1. The number of hydrogen-bond acceptors (Lipinski definition) is 4. The molecule has 0 aromatic heterocycles. The van der Waals surface area contributed by atoms with Crippen LogP contribution >= 0.6 is 0 Å². The van der Waals surface area contributed by atoms with E-state index >= 15 is 0 Å². The summed E-state index contributed by atoms with van der Waals surface area (Å²) in [6, 6.07) is 15.5. The van der Waals surface area contributed by atoms with Gasteiger partial charge in [0.2, 0.25) is 0 Å². The molecule has 2 aliphatic heterocycles. The van der Waals surface area contributed by atoms with Crippen LogP contribution < -0.4 is 14.8 Å². The molecule has 1 saturated heterocycles. The van der Waals surface area contributed by atoms with Gasteiger partial charge >= 0.3 is 0 Å². The second kappa shape index (κ2) is 8.44. The first-order valence-corrected chi connectivity index (χ1v) is 9.76. The first kappa shape index (κ1) is 17.9. The summed E-state index contributed by atoms with van der Waals surface area (Å²) in [5.41, 5.74) is 1.93. The van der Waals surface area contributed by atoms with Crippen molar-refractivity contribution < 1.29 is 14.3 Å². The Labute approximate surface area is 160 Å². The van der Waals surface area contributed by atoms with Gasteiger partial charge < -0.3 is 14.8 Å². The highest BCUT2D eigenvalue weighted by molar-refractivity contribution is 5.94. The zero-order valence-corrected chi connectivity index (χ0v) is 15.5. The van der Waals surface area contributed by atoms with Gasteiger partial charge in [-0.3, -0.25) is 9.69 Å². The summed E-state index contributed by atoms with van der Waals surface area (Å²) in [4.78, 5) is 14.9. The summed E-state index contributed by atoms with van der Waals surface area (Å²) in [7, 11) is 0. The average Bonchev–Trinajstić information content (AvgIpc) is 2.73. The summed E-state index contributed by atoms with van der Waals surface area (Å²) in [5, 5.41) is 2.95. The molecule has 5 heteroatoms. The summed E-state index contributed by atoms with van der Waals surface area (Å²) in [6.45, 7) is 4.17. The van der Waals surface area contributed by atoms with Crippen LogP contribution in [0, 0.1) is 0 Å². The molecule has 1 fully saturated rings. The lowest BCUT2D eigenvalue weighted by Crippen LogP contribution is -2.40. The fraction of sp³-hybridized carbons (Fsp3) is 0.409. The van der Waals surface area contributed by atoms with Crippen molar-refractivity contribution in [3.63, 3.8) is 0 Å². The van der Waals surface area contributed by atoms with Crippen LogP contribution in [0.3, 0.4) is 0 Å². The Morgan fingerprint density at radius 3 is 2.52 bits per heavy atom. The second-order valence-electron chi connectivity index (χ2n) is 7.24. The van der Waals surface area contributed by atoms with Crippen LogP contribution in [0.2, 0.25) is 0 Å². The SMILES string of the molecule is O=C(NCC1COc2ccccc2O1)c1ccc(CN2CCCCC2)cc1. The average molecular weight is 366 g/mol. The van der Waals surface area contributed by atoms with E-state index in [1.807, 2.05) is 36.4 Å². The second-order valence-corrected chi connectivity index (χ2v) is 7.24. The standard InChI is InChI=1S/C22H26N2O3/c25-22(23-14-19-16-26-20-6-2-3-7-21(20)27-19)18-10-8-17(9-11-18)15-24-12-4-1-5-13-24/h2-3,6-11,19H,1,4-5,12-16H2,(H,23,25). The first-order chi connectivity index (χ1) is 13.3. The van der Waals surface area contributed by atoms with Crippen LogP contribution in [-0.2, 0) is 6.54 Å². The lowest BCUT2D eigenvalue weighted by Gasteiger charge is -2.26. The molecule has 0 saturated carbocycles. The molecule has 5 nitrogen and oxygen atoms in total. The summed E-state index contributed by atoms with van der Waals surface area (Å²) in [6.07, 6.45) is 3.74. The summed E-state index contributed by atoms with van der Waals surface area (Å²) < 4.78 is 11.6. The molecule has 0 radical (unpaired) electrons. The highest BCUT2D eigenvalue weighted by Gasteiger charge is 2.21. The van der Waals surface area contributed by atoms with E-state index in [1.165, 1.54) is 37.9 Å². The molecule has 0 spiro atoms. The molecule has 27 heavy (non-hydrogen) atoms. The van der Waals surface area contributed by atoms with Gasteiger partial charge in [0.05, 0.1) is 6.54 Å².